The number of halogens is 2. The summed E-state index contributed by atoms with van der Waals surface area (Å²) in [6, 6.07) is 14.0. The minimum absolute atomic E-state index is 0.110. The summed E-state index contributed by atoms with van der Waals surface area (Å²) in [4.78, 5) is 14.7. The van der Waals surface area contributed by atoms with Crippen LogP contribution >= 0.6 is 11.6 Å². The van der Waals surface area contributed by atoms with Crippen molar-refractivity contribution in [2.75, 3.05) is 18.4 Å². The Morgan fingerprint density at radius 2 is 1.96 bits per heavy atom. The lowest BCUT2D eigenvalue weighted by Gasteiger charge is -2.32. The molecular formula is C19H20ClFN2O. The third-order valence-corrected chi connectivity index (χ3v) is 4.58. The number of piperidine rings is 1. The summed E-state index contributed by atoms with van der Waals surface area (Å²) in [6.07, 6.45) is 1.79. The quantitative estimate of drug-likeness (QED) is 0.893. The molecule has 0 unspecified atom stereocenters. The Morgan fingerprint density at radius 1 is 1.21 bits per heavy atom. The van der Waals surface area contributed by atoms with E-state index in [9.17, 15) is 9.18 Å². The second kappa shape index (κ2) is 7.77. The van der Waals surface area contributed by atoms with Crippen molar-refractivity contribution in [2.24, 2.45) is 5.92 Å². The first kappa shape index (κ1) is 16.9. The van der Waals surface area contributed by atoms with Crippen molar-refractivity contribution in [3.05, 3.63) is 64.9 Å². The third-order valence-electron chi connectivity index (χ3n) is 4.33. The zero-order valence-electron chi connectivity index (χ0n) is 13.3. The molecule has 0 bridgehead atoms. The van der Waals surface area contributed by atoms with Crippen LogP contribution in [0, 0.1) is 11.7 Å². The largest absolute Gasteiger partial charge is 0.323 e. The van der Waals surface area contributed by atoms with Crippen LogP contribution in [0.3, 0.4) is 0 Å². The monoisotopic (exact) mass is 346 g/mol. The van der Waals surface area contributed by atoms with E-state index in [0.717, 1.165) is 31.0 Å². The number of anilines is 1. The molecule has 1 saturated heterocycles. The molecule has 0 radical (unpaired) electrons. The maximum absolute atomic E-state index is 13.7. The first-order chi connectivity index (χ1) is 11.6. The molecule has 1 amide bonds. The van der Waals surface area contributed by atoms with Crippen LogP contribution in [0.1, 0.15) is 18.4 Å². The molecule has 1 N–H and O–H groups in total. The van der Waals surface area contributed by atoms with Gasteiger partial charge in [0.2, 0.25) is 5.91 Å². The Hall–Kier alpha value is -1.91. The molecule has 3 nitrogen and oxygen atoms in total. The van der Waals surface area contributed by atoms with Gasteiger partial charge in [-0.1, -0.05) is 35.9 Å². The van der Waals surface area contributed by atoms with Crippen molar-refractivity contribution in [1.82, 2.24) is 4.90 Å². The van der Waals surface area contributed by atoms with Gasteiger partial charge in [-0.2, -0.15) is 0 Å². The van der Waals surface area contributed by atoms with Gasteiger partial charge in [0.25, 0.3) is 0 Å². The highest BCUT2D eigenvalue weighted by Gasteiger charge is 2.26. The normalized spacial score (nSPS) is 18.3. The number of carbonyl (C=O) groups excluding carboxylic acids is 1. The van der Waals surface area contributed by atoms with E-state index in [1.54, 1.807) is 18.2 Å². The fraction of sp³-hybridized carbons (Fsp3) is 0.316. The van der Waals surface area contributed by atoms with Crippen molar-refractivity contribution in [3.8, 4) is 0 Å². The second-order valence-corrected chi connectivity index (χ2v) is 6.61. The molecule has 3 rings (SSSR count). The smallest absolute Gasteiger partial charge is 0.228 e. The van der Waals surface area contributed by atoms with Crippen LogP contribution in [0.25, 0.3) is 0 Å². The molecule has 1 fully saturated rings. The average Bonchev–Trinajstić information content (AvgIpc) is 2.59. The molecule has 0 aromatic heterocycles. The predicted octanol–water partition coefficient (Wildman–Crippen LogP) is 4.33. The highest BCUT2D eigenvalue weighted by Crippen LogP contribution is 2.22. The van der Waals surface area contributed by atoms with Gasteiger partial charge in [0.05, 0.1) is 11.6 Å². The van der Waals surface area contributed by atoms with Gasteiger partial charge >= 0.3 is 0 Å². The highest BCUT2D eigenvalue weighted by molar-refractivity contribution is 6.30. The van der Waals surface area contributed by atoms with Crippen LogP contribution in [0.5, 0.6) is 0 Å². The number of hydrogen-bond donors (Lipinski definition) is 1. The summed E-state index contributed by atoms with van der Waals surface area (Å²) in [5.41, 5.74) is 1.42. The van der Waals surface area contributed by atoms with E-state index < -0.39 is 5.82 Å². The van der Waals surface area contributed by atoms with Gasteiger partial charge < -0.3 is 5.32 Å². The summed E-state index contributed by atoms with van der Waals surface area (Å²) in [6.45, 7) is 2.44. The van der Waals surface area contributed by atoms with Crippen LogP contribution in [0.2, 0.25) is 5.02 Å². The van der Waals surface area contributed by atoms with Gasteiger partial charge in [0, 0.05) is 18.1 Å². The van der Waals surface area contributed by atoms with Gasteiger partial charge in [-0.15, -0.1) is 0 Å². The maximum Gasteiger partial charge on any atom is 0.228 e. The van der Waals surface area contributed by atoms with E-state index in [1.807, 2.05) is 24.3 Å². The summed E-state index contributed by atoms with van der Waals surface area (Å²) in [5.74, 6) is -0.633. The predicted molar refractivity (Wildman–Crippen MR) is 94.5 cm³/mol. The third kappa shape index (κ3) is 4.34. The molecule has 24 heavy (non-hydrogen) atoms. The Bertz CT molecular complexity index is 705. The number of likely N-dealkylation sites (tertiary alicyclic amines) is 1. The minimum atomic E-state index is -0.403. The van der Waals surface area contributed by atoms with Gasteiger partial charge in [-0.25, -0.2) is 4.39 Å². The molecule has 1 aliphatic heterocycles. The number of hydrogen-bond acceptors (Lipinski definition) is 2. The van der Waals surface area contributed by atoms with E-state index >= 15 is 0 Å². The Kier molecular flexibility index (Phi) is 5.48. The highest BCUT2D eigenvalue weighted by atomic mass is 35.5. The lowest BCUT2D eigenvalue weighted by molar-refractivity contribution is -0.121. The molecule has 2 aromatic carbocycles. The molecule has 126 valence electrons. The fourth-order valence-electron chi connectivity index (χ4n) is 3.06. The molecule has 5 heteroatoms. The van der Waals surface area contributed by atoms with E-state index in [-0.39, 0.29) is 17.5 Å². The summed E-state index contributed by atoms with van der Waals surface area (Å²) >= 11 is 5.91. The van der Waals surface area contributed by atoms with E-state index in [2.05, 4.69) is 10.2 Å². The number of benzene rings is 2. The van der Waals surface area contributed by atoms with Crippen molar-refractivity contribution < 1.29 is 9.18 Å². The number of para-hydroxylation sites is 1. The zero-order valence-corrected chi connectivity index (χ0v) is 14.1. The standard InChI is InChI=1S/C19H20ClFN2O/c20-16-9-7-14(8-10-16)12-23-11-3-4-15(13-23)19(24)22-18-6-2-1-5-17(18)21/h1-2,5-10,15H,3-4,11-13H2,(H,22,24)/t15-/m1/s1. The zero-order chi connectivity index (χ0) is 16.9. The summed E-state index contributed by atoms with van der Waals surface area (Å²) < 4.78 is 13.7. The minimum Gasteiger partial charge on any atom is -0.323 e. The molecule has 0 saturated carbocycles. The van der Waals surface area contributed by atoms with Gasteiger partial charge in [-0.3, -0.25) is 9.69 Å². The molecule has 1 aliphatic rings. The Labute approximate surface area is 146 Å². The van der Waals surface area contributed by atoms with E-state index in [4.69, 9.17) is 11.6 Å². The summed E-state index contributed by atoms with van der Waals surface area (Å²) in [7, 11) is 0. The number of carbonyl (C=O) groups is 1. The molecule has 1 heterocycles. The first-order valence-electron chi connectivity index (χ1n) is 8.14. The Morgan fingerprint density at radius 3 is 2.71 bits per heavy atom. The SMILES string of the molecule is O=C(Nc1ccccc1F)[C@@H]1CCCN(Cc2ccc(Cl)cc2)C1. The molecule has 0 aliphatic carbocycles. The molecule has 0 spiro atoms. The number of nitrogens with zero attached hydrogens (tertiary/aromatic N) is 1. The molecular weight excluding hydrogens is 327 g/mol. The lowest BCUT2D eigenvalue weighted by atomic mass is 9.96. The van der Waals surface area contributed by atoms with E-state index in [1.165, 1.54) is 11.6 Å². The summed E-state index contributed by atoms with van der Waals surface area (Å²) in [5, 5.41) is 3.44. The lowest BCUT2D eigenvalue weighted by Crippen LogP contribution is -2.40. The van der Waals surface area contributed by atoms with Crippen LogP contribution in [0.15, 0.2) is 48.5 Å². The van der Waals surface area contributed by atoms with Crippen LogP contribution in [-0.2, 0) is 11.3 Å². The van der Waals surface area contributed by atoms with Gasteiger partial charge in [0.15, 0.2) is 0 Å². The maximum atomic E-state index is 13.7. The number of rotatable bonds is 4. The molecule has 2 aromatic rings. The van der Waals surface area contributed by atoms with Crippen molar-refractivity contribution >= 4 is 23.2 Å². The first-order valence-corrected chi connectivity index (χ1v) is 8.52. The van der Waals surface area contributed by atoms with Crippen LogP contribution in [0.4, 0.5) is 10.1 Å². The van der Waals surface area contributed by atoms with E-state index in [0.29, 0.717) is 6.54 Å². The topological polar surface area (TPSA) is 32.3 Å². The van der Waals surface area contributed by atoms with Crippen LogP contribution in [-0.4, -0.2) is 23.9 Å². The number of amides is 1. The Balaban J connectivity index is 1.59. The molecule has 1 atom stereocenters. The average molecular weight is 347 g/mol. The number of nitrogens with one attached hydrogen (secondary N) is 1. The van der Waals surface area contributed by atoms with Gasteiger partial charge in [0.1, 0.15) is 5.82 Å². The van der Waals surface area contributed by atoms with Crippen molar-refractivity contribution in [3.63, 3.8) is 0 Å². The van der Waals surface area contributed by atoms with Gasteiger partial charge in [-0.05, 0) is 49.2 Å². The van der Waals surface area contributed by atoms with Crippen LogP contribution < -0.4 is 5.32 Å². The van der Waals surface area contributed by atoms with Crippen molar-refractivity contribution in [1.29, 1.82) is 0 Å². The fourth-order valence-corrected chi connectivity index (χ4v) is 3.18. The van der Waals surface area contributed by atoms with Crippen molar-refractivity contribution in [2.45, 2.75) is 19.4 Å². The second-order valence-electron chi connectivity index (χ2n) is 6.17.